The average Bonchev–Trinajstić information content (AvgIpc) is 2.45. The normalized spacial score (nSPS) is 18.8. The van der Waals surface area contributed by atoms with E-state index in [0.29, 0.717) is 11.8 Å². The lowest BCUT2D eigenvalue weighted by atomic mass is 10.2. The molecule has 1 fully saturated rings. The lowest BCUT2D eigenvalue weighted by molar-refractivity contribution is -0.162. The van der Waals surface area contributed by atoms with E-state index in [0.717, 1.165) is 32.3 Å². The van der Waals surface area contributed by atoms with Gasteiger partial charge in [0, 0.05) is 6.61 Å². The quantitative estimate of drug-likeness (QED) is 0.237. The first-order valence-electron chi connectivity index (χ1n) is 7.72. The maximum absolute atomic E-state index is 11.7. The minimum atomic E-state index is -1.72. The molecule has 0 radical (unpaired) electrons. The minimum absolute atomic E-state index is 0.0223. The Balaban J connectivity index is 2.36. The van der Waals surface area contributed by atoms with Crippen molar-refractivity contribution in [1.29, 1.82) is 0 Å². The largest absolute Gasteiger partial charge is 0.465 e. The fraction of sp³-hybridized carbons (Fsp3) is 0.750. The second kappa shape index (κ2) is 9.21. The third kappa shape index (κ3) is 7.09. The fourth-order valence-corrected chi connectivity index (χ4v) is 3.35. The van der Waals surface area contributed by atoms with Crippen LogP contribution in [0.1, 0.15) is 32.1 Å². The summed E-state index contributed by atoms with van der Waals surface area (Å²) in [7, 11) is -0.299. The molecule has 21 heavy (non-hydrogen) atoms. The van der Waals surface area contributed by atoms with Crippen LogP contribution in [0.3, 0.4) is 0 Å². The molecule has 0 amide bonds. The highest BCUT2D eigenvalue weighted by atomic mass is 28.3. The molecule has 120 valence electrons. The highest BCUT2D eigenvalue weighted by molar-refractivity contribution is 6.86. The van der Waals surface area contributed by atoms with E-state index in [4.69, 9.17) is 14.2 Å². The molecular formula is C16H28O4Si. The van der Waals surface area contributed by atoms with E-state index < -0.39 is 8.07 Å². The van der Waals surface area contributed by atoms with Gasteiger partial charge in [-0.05, 0) is 38.2 Å². The van der Waals surface area contributed by atoms with E-state index in [1.165, 1.54) is 13.5 Å². The van der Waals surface area contributed by atoms with Gasteiger partial charge >= 0.3 is 5.97 Å². The zero-order valence-electron chi connectivity index (χ0n) is 13.7. The molecule has 1 saturated heterocycles. The summed E-state index contributed by atoms with van der Waals surface area (Å²) in [6, 6.07) is 0. The first-order chi connectivity index (χ1) is 9.95. The highest BCUT2D eigenvalue weighted by Crippen LogP contribution is 2.15. The molecule has 5 heteroatoms. The molecule has 1 aliphatic heterocycles. The van der Waals surface area contributed by atoms with Crippen molar-refractivity contribution in [2.24, 2.45) is 0 Å². The molecule has 0 spiro atoms. The highest BCUT2D eigenvalue weighted by Gasteiger charge is 2.26. The van der Waals surface area contributed by atoms with E-state index in [1.807, 2.05) is 6.08 Å². The Morgan fingerprint density at radius 3 is 2.71 bits per heavy atom. The van der Waals surface area contributed by atoms with Crippen molar-refractivity contribution in [3.05, 3.63) is 17.0 Å². The average molecular weight is 312 g/mol. The first kappa shape index (κ1) is 18.2. The van der Waals surface area contributed by atoms with Gasteiger partial charge in [-0.15, -0.1) is 5.73 Å². The third-order valence-electron chi connectivity index (χ3n) is 3.32. The predicted molar refractivity (Wildman–Crippen MR) is 85.7 cm³/mol. The molecule has 0 aliphatic carbocycles. The van der Waals surface area contributed by atoms with Crippen molar-refractivity contribution < 1.29 is 19.0 Å². The lowest BCUT2D eigenvalue weighted by Gasteiger charge is -2.22. The Labute approximate surface area is 129 Å². The van der Waals surface area contributed by atoms with Crippen LogP contribution in [0.15, 0.2) is 17.0 Å². The zero-order chi connectivity index (χ0) is 15.7. The topological polar surface area (TPSA) is 44.8 Å². The van der Waals surface area contributed by atoms with Crippen LogP contribution < -0.4 is 0 Å². The van der Waals surface area contributed by atoms with Crippen molar-refractivity contribution in [3.8, 4) is 0 Å². The lowest BCUT2D eigenvalue weighted by Crippen LogP contribution is -2.29. The van der Waals surface area contributed by atoms with E-state index in [2.05, 4.69) is 25.4 Å². The van der Waals surface area contributed by atoms with Crippen LogP contribution in [-0.4, -0.2) is 40.7 Å². The number of carbonyl (C=O) groups is 1. The Kier molecular flexibility index (Phi) is 7.97. The van der Waals surface area contributed by atoms with Gasteiger partial charge in [-0.1, -0.05) is 19.6 Å². The van der Waals surface area contributed by atoms with Crippen molar-refractivity contribution in [2.45, 2.75) is 58.0 Å². The Bertz CT molecular complexity index is 386. The third-order valence-corrected chi connectivity index (χ3v) is 5.17. The summed E-state index contributed by atoms with van der Waals surface area (Å²) >= 11 is 0. The first-order valence-corrected chi connectivity index (χ1v) is 11.2. The molecule has 0 N–H and O–H groups in total. The summed E-state index contributed by atoms with van der Waals surface area (Å²) in [5, 5.41) is 0.710. The summed E-state index contributed by atoms with van der Waals surface area (Å²) in [5.41, 5.74) is 3.14. The van der Waals surface area contributed by atoms with Gasteiger partial charge in [0.15, 0.2) is 6.29 Å². The van der Waals surface area contributed by atoms with Gasteiger partial charge in [0.2, 0.25) is 0 Å². The van der Waals surface area contributed by atoms with Crippen molar-refractivity contribution >= 4 is 14.0 Å². The monoisotopic (exact) mass is 312 g/mol. The second-order valence-electron chi connectivity index (χ2n) is 6.27. The van der Waals surface area contributed by atoms with Crippen LogP contribution >= 0.6 is 0 Å². The summed E-state index contributed by atoms with van der Waals surface area (Å²) in [6.07, 6.45) is 6.98. The van der Waals surface area contributed by atoms with Crippen LogP contribution in [0.2, 0.25) is 19.6 Å². The second-order valence-corrected chi connectivity index (χ2v) is 11.3. The van der Waals surface area contributed by atoms with Gasteiger partial charge in [0.25, 0.3) is 0 Å². The Morgan fingerprint density at radius 1 is 1.38 bits per heavy atom. The van der Waals surface area contributed by atoms with Crippen LogP contribution in [0, 0.1) is 0 Å². The van der Waals surface area contributed by atoms with Gasteiger partial charge in [0.1, 0.15) is 0 Å². The van der Waals surface area contributed by atoms with Gasteiger partial charge in [-0.3, -0.25) is 0 Å². The van der Waals surface area contributed by atoms with E-state index in [-0.39, 0.29) is 12.3 Å². The molecule has 1 aliphatic rings. The summed E-state index contributed by atoms with van der Waals surface area (Å²) in [5.74, 6) is -0.253. The van der Waals surface area contributed by atoms with Gasteiger partial charge in [0.05, 0.1) is 27.0 Å². The minimum Gasteiger partial charge on any atom is -0.465 e. The molecule has 0 bridgehead atoms. The fourth-order valence-electron chi connectivity index (χ4n) is 2.10. The number of hydrogen-bond acceptors (Lipinski definition) is 4. The predicted octanol–water partition coefficient (Wildman–Crippen LogP) is 3.44. The van der Waals surface area contributed by atoms with Crippen LogP contribution in [-0.2, 0) is 19.0 Å². The molecule has 1 unspecified atom stereocenters. The summed E-state index contributed by atoms with van der Waals surface area (Å²) in [4.78, 5) is 11.7. The van der Waals surface area contributed by atoms with E-state index >= 15 is 0 Å². The zero-order valence-corrected chi connectivity index (χ0v) is 14.7. The molecule has 0 aromatic rings. The molecule has 0 saturated carbocycles. The number of methoxy groups -OCH3 is 1. The van der Waals surface area contributed by atoms with Crippen LogP contribution in [0.4, 0.5) is 0 Å². The number of esters is 1. The van der Waals surface area contributed by atoms with Crippen molar-refractivity contribution in [3.63, 3.8) is 0 Å². The standard InChI is InChI=1S/C16H28O4Si/c1-18-16(17)14(21(2,3)4)10-6-5-8-12-19-15-11-7-9-13-20-15/h6,15H,5,7-9,11-13H2,1-4H3. The number of hydrogen-bond donors (Lipinski definition) is 0. The number of unbranched alkanes of at least 4 members (excludes halogenated alkanes) is 1. The molecule has 0 aromatic carbocycles. The maximum Gasteiger partial charge on any atom is 0.337 e. The molecule has 1 heterocycles. The van der Waals surface area contributed by atoms with Crippen molar-refractivity contribution in [2.75, 3.05) is 20.3 Å². The Hall–Kier alpha value is -0.873. The summed E-state index contributed by atoms with van der Waals surface area (Å²) < 4.78 is 16.0. The molecular weight excluding hydrogens is 284 g/mol. The van der Waals surface area contributed by atoms with Gasteiger partial charge in [-0.2, -0.15) is 0 Å². The van der Waals surface area contributed by atoms with Gasteiger partial charge < -0.3 is 14.2 Å². The number of ether oxygens (including phenoxy) is 3. The molecule has 0 aromatic heterocycles. The summed E-state index contributed by atoms with van der Waals surface area (Å²) in [6.45, 7) is 7.84. The maximum atomic E-state index is 11.7. The Morgan fingerprint density at radius 2 is 2.14 bits per heavy atom. The van der Waals surface area contributed by atoms with Crippen LogP contribution in [0.25, 0.3) is 0 Å². The van der Waals surface area contributed by atoms with Crippen molar-refractivity contribution in [1.82, 2.24) is 0 Å². The number of rotatable bonds is 7. The molecule has 1 rings (SSSR count). The molecule has 4 nitrogen and oxygen atoms in total. The molecule has 1 atom stereocenters. The van der Waals surface area contributed by atoms with Crippen LogP contribution in [0.5, 0.6) is 0 Å². The van der Waals surface area contributed by atoms with E-state index in [9.17, 15) is 4.79 Å². The van der Waals surface area contributed by atoms with Gasteiger partial charge in [-0.25, -0.2) is 4.79 Å². The number of carbonyl (C=O) groups excluding carboxylic acids is 1. The SMILES string of the molecule is COC(=O)C(=C=CCCCOC1CCCCO1)[Si](C)(C)C. The van der Waals surface area contributed by atoms with E-state index in [1.54, 1.807) is 0 Å². The smallest absolute Gasteiger partial charge is 0.337 e.